The Morgan fingerprint density at radius 1 is 0.923 bits per heavy atom. The Morgan fingerprint density at radius 2 is 1.62 bits per heavy atom. The molecule has 4 atom stereocenters. The van der Waals surface area contributed by atoms with Crippen molar-refractivity contribution in [3.63, 3.8) is 0 Å². The smallest absolute Gasteiger partial charge is 0.0295 e. The Bertz CT molecular complexity index is 188. The number of hydrogen-bond donors (Lipinski definition) is 0. The first-order valence-electron chi connectivity index (χ1n) is 6.18. The van der Waals surface area contributed by atoms with Crippen LogP contribution >= 0.6 is 0 Å². The second-order valence-electron chi connectivity index (χ2n) is 5.69. The van der Waals surface area contributed by atoms with Gasteiger partial charge in [-0.05, 0) is 54.8 Å². The molecule has 4 bridgehead atoms. The monoisotopic (exact) mass is 180 g/mol. The Hall–Kier alpha value is 0. The summed E-state index contributed by atoms with van der Waals surface area (Å²) in [7, 11) is 0. The second-order valence-corrected chi connectivity index (χ2v) is 5.69. The van der Waals surface area contributed by atoms with Gasteiger partial charge in [-0.25, -0.2) is 0 Å². The van der Waals surface area contributed by atoms with Crippen LogP contribution in [0.3, 0.4) is 0 Å². The van der Waals surface area contributed by atoms with Crippen molar-refractivity contribution in [3.8, 4) is 0 Å². The Labute approximate surface area is 83.1 Å². The highest BCUT2D eigenvalue weighted by Crippen LogP contribution is 2.66. The quantitative estimate of drug-likeness (QED) is 0.526. The van der Waals surface area contributed by atoms with Crippen LogP contribution in [0.2, 0.25) is 0 Å². The van der Waals surface area contributed by atoms with Crippen LogP contribution in [0.5, 0.6) is 0 Å². The average Bonchev–Trinajstić information content (AvgIpc) is 2.50. The molecule has 4 aliphatic carbocycles. The molecule has 0 saturated heterocycles. The van der Waals surface area contributed by atoms with Crippen LogP contribution in [-0.2, 0) is 0 Å². The molecule has 4 fully saturated rings. The van der Waals surface area contributed by atoms with Crippen molar-refractivity contribution in [2.45, 2.75) is 53.4 Å². The van der Waals surface area contributed by atoms with Crippen molar-refractivity contribution in [1.29, 1.82) is 0 Å². The molecule has 4 rings (SSSR count). The molecule has 76 valence electrons. The van der Waals surface area contributed by atoms with E-state index >= 15 is 0 Å². The van der Waals surface area contributed by atoms with E-state index in [4.69, 9.17) is 0 Å². The van der Waals surface area contributed by atoms with Crippen LogP contribution in [0, 0.1) is 29.1 Å². The van der Waals surface area contributed by atoms with Gasteiger partial charge >= 0.3 is 0 Å². The van der Waals surface area contributed by atoms with Gasteiger partial charge in [-0.1, -0.05) is 27.7 Å². The fourth-order valence-electron chi connectivity index (χ4n) is 4.38. The van der Waals surface area contributed by atoms with Crippen molar-refractivity contribution in [2.24, 2.45) is 29.1 Å². The fourth-order valence-corrected chi connectivity index (χ4v) is 4.38. The van der Waals surface area contributed by atoms with E-state index in [1.165, 1.54) is 0 Å². The molecule has 0 heterocycles. The first-order chi connectivity index (χ1) is 6.18. The largest absolute Gasteiger partial charge is 0.0683 e. The summed E-state index contributed by atoms with van der Waals surface area (Å²) in [5.41, 5.74) is 0.720. The maximum Gasteiger partial charge on any atom is -0.0295 e. The molecule has 13 heavy (non-hydrogen) atoms. The molecule has 0 amide bonds. The molecular weight excluding hydrogens is 156 g/mol. The van der Waals surface area contributed by atoms with Gasteiger partial charge in [-0.15, -0.1) is 0 Å². The van der Waals surface area contributed by atoms with E-state index in [2.05, 4.69) is 13.8 Å². The molecule has 0 radical (unpaired) electrons. The van der Waals surface area contributed by atoms with Crippen molar-refractivity contribution in [1.82, 2.24) is 0 Å². The molecule has 0 nitrogen and oxygen atoms in total. The van der Waals surface area contributed by atoms with Gasteiger partial charge in [0.15, 0.2) is 0 Å². The van der Waals surface area contributed by atoms with Gasteiger partial charge in [0.25, 0.3) is 0 Å². The molecule has 4 saturated carbocycles. The molecular formula is C13H24. The predicted octanol–water partition coefficient (Wildman–Crippen LogP) is 4.10. The molecule has 0 aromatic heterocycles. The van der Waals surface area contributed by atoms with Gasteiger partial charge in [0.2, 0.25) is 0 Å². The third-order valence-electron chi connectivity index (χ3n) is 5.01. The molecule has 4 unspecified atom stereocenters. The fraction of sp³-hybridized carbons (Fsp3) is 1.00. The van der Waals surface area contributed by atoms with Crippen LogP contribution < -0.4 is 0 Å². The minimum absolute atomic E-state index is 0.720. The first-order valence-corrected chi connectivity index (χ1v) is 6.18. The molecule has 0 heteroatoms. The second kappa shape index (κ2) is 3.00. The SMILES string of the molecule is CC.CC1(C)C2CC3CC(C2)C1C3. The average molecular weight is 180 g/mol. The zero-order valence-corrected chi connectivity index (χ0v) is 9.64. The van der Waals surface area contributed by atoms with E-state index in [-0.39, 0.29) is 0 Å². The molecule has 0 aliphatic heterocycles. The highest BCUT2D eigenvalue weighted by atomic mass is 14.6. The zero-order valence-electron chi connectivity index (χ0n) is 9.64. The van der Waals surface area contributed by atoms with E-state index < -0.39 is 0 Å². The van der Waals surface area contributed by atoms with Crippen LogP contribution in [0.15, 0.2) is 0 Å². The summed E-state index contributed by atoms with van der Waals surface area (Å²) in [6, 6.07) is 0. The summed E-state index contributed by atoms with van der Waals surface area (Å²) in [6.45, 7) is 9.04. The molecule has 0 N–H and O–H groups in total. The first kappa shape index (κ1) is 9.55. The highest BCUT2D eigenvalue weighted by Gasteiger charge is 2.57. The minimum atomic E-state index is 0.720. The highest BCUT2D eigenvalue weighted by molar-refractivity contribution is 5.07. The van der Waals surface area contributed by atoms with Crippen LogP contribution in [0.1, 0.15) is 53.4 Å². The van der Waals surface area contributed by atoms with Gasteiger partial charge in [0, 0.05) is 0 Å². The maximum absolute atomic E-state index is 2.52. The predicted molar refractivity (Wildman–Crippen MR) is 57.6 cm³/mol. The van der Waals surface area contributed by atoms with Crippen molar-refractivity contribution >= 4 is 0 Å². The van der Waals surface area contributed by atoms with Gasteiger partial charge in [-0.2, -0.15) is 0 Å². The lowest BCUT2D eigenvalue weighted by Crippen LogP contribution is -2.30. The van der Waals surface area contributed by atoms with Gasteiger partial charge < -0.3 is 0 Å². The van der Waals surface area contributed by atoms with Crippen molar-refractivity contribution in [3.05, 3.63) is 0 Å². The summed E-state index contributed by atoms with van der Waals surface area (Å²) in [5.74, 6) is 4.52. The number of rotatable bonds is 0. The third-order valence-corrected chi connectivity index (χ3v) is 5.01. The van der Waals surface area contributed by atoms with Crippen LogP contribution in [-0.4, -0.2) is 0 Å². The van der Waals surface area contributed by atoms with Gasteiger partial charge in [0.05, 0.1) is 0 Å². The van der Waals surface area contributed by atoms with Crippen LogP contribution in [0.4, 0.5) is 0 Å². The van der Waals surface area contributed by atoms with Gasteiger partial charge in [0.1, 0.15) is 0 Å². The van der Waals surface area contributed by atoms with E-state index in [1.54, 1.807) is 25.7 Å². The van der Waals surface area contributed by atoms with Crippen molar-refractivity contribution in [2.75, 3.05) is 0 Å². The standard InChI is InChI=1S/C11H18.C2H6/c1-11(2)9-4-7-3-8(6-9)10(11)5-7;1-2/h7-10H,3-6H2,1-2H3;1-2H3. The van der Waals surface area contributed by atoms with E-state index in [1.807, 2.05) is 13.8 Å². The summed E-state index contributed by atoms with van der Waals surface area (Å²) < 4.78 is 0. The maximum atomic E-state index is 2.52. The molecule has 4 aliphatic rings. The summed E-state index contributed by atoms with van der Waals surface area (Å²) in [4.78, 5) is 0. The Morgan fingerprint density at radius 3 is 2.15 bits per heavy atom. The normalized spacial score (nSPS) is 48.9. The topological polar surface area (TPSA) is 0 Å². The molecule has 0 aromatic rings. The lowest BCUT2D eigenvalue weighted by molar-refractivity contribution is 0.110. The summed E-state index contributed by atoms with van der Waals surface area (Å²) in [5, 5.41) is 0. The van der Waals surface area contributed by atoms with E-state index in [9.17, 15) is 0 Å². The van der Waals surface area contributed by atoms with Crippen molar-refractivity contribution < 1.29 is 0 Å². The Kier molecular flexibility index (Phi) is 2.20. The van der Waals surface area contributed by atoms with Gasteiger partial charge in [-0.3, -0.25) is 0 Å². The number of hydrogen-bond acceptors (Lipinski definition) is 0. The van der Waals surface area contributed by atoms with E-state index in [0.717, 1.165) is 29.1 Å². The summed E-state index contributed by atoms with van der Waals surface area (Å²) in [6.07, 6.45) is 6.31. The zero-order chi connectivity index (χ0) is 9.64. The lowest BCUT2D eigenvalue weighted by atomic mass is 9.67. The molecule has 0 aromatic carbocycles. The van der Waals surface area contributed by atoms with E-state index in [0.29, 0.717) is 0 Å². The minimum Gasteiger partial charge on any atom is -0.0683 e. The third kappa shape index (κ3) is 1.17. The Balaban J connectivity index is 0.000000308. The summed E-state index contributed by atoms with van der Waals surface area (Å²) >= 11 is 0. The molecule has 0 spiro atoms. The lowest BCUT2D eigenvalue weighted by Gasteiger charge is -2.38. The van der Waals surface area contributed by atoms with Crippen LogP contribution in [0.25, 0.3) is 0 Å².